The topological polar surface area (TPSA) is 78.5 Å². The molecule has 0 aromatic heterocycles. The molecule has 1 fully saturated rings. The van der Waals surface area contributed by atoms with Crippen molar-refractivity contribution >= 4 is 17.7 Å². The molecule has 1 aliphatic heterocycles. The molecule has 2 aromatic rings. The first-order valence-electron chi connectivity index (χ1n) is 11.5. The van der Waals surface area contributed by atoms with Gasteiger partial charge in [-0.25, -0.2) is 4.39 Å². The van der Waals surface area contributed by atoms with Crippen molar-refractivity contribution in [3.63, 3.8) is 0 Å². The van der Waals surface area contributed by atoms with E-state index >= 15 is 0 Å². The lowest BCUT2D eigenvalue weighted by atomic mass is 9.88. The number of nitrogens with one attached hydrogen (secondary N) is 2. The normalized spacial score (nSPS) is 16.1. The standard InChI is InChI=1S/C26H32FN3O3/c1-4-18(3)28-25(32)23(29-24(31)21-10-5-6-11-22(21)27)19-12-14-30(15-13-19)26(33)20-9-7-8-17(2)16-20/h5-11,16,18-19,23H,4,12-15H2,1-3H3,(H,28,32)(H,29,31)/t18-,23+/m1/s1. The number of aryl methyl sites for hydroxylation is 1. The van der Waals surface area contributed by atoms with E-state index in [2.05, 4.69) is 10.6 Å². The van der Waals surface area contributed by atoms with Crippen LogP contribution < -0.4 is 10.6 Å². The van der Waals surface area contributed by atoms with Crippen molar-refractivity contribution in [3.05, 3.63) is 71.0 Å². The van der Waals surface area contributed by atoms with Crippen LogP contribution in [0.4, 0.5) is 4.39 Å². The van der Waals surface area contributed by atoms with Crippen LogP contribution in [0.5, 0.6) is 0 Å². The highest BCUT2D eigenvalue weighted by molar-refractivity contribution is 5.98. The third kappa shape index (κ3) is 6.18. The minimum atomic E-state index is -0.803. The molecule has 0 unspecified atom stereocenters. The first-order valence-corrected chi connectivity index (χ1v) is 11.5. The number of rotatable bonds is 7. The van der Waals surface area contributed by atoms with Gasteiger partial charge in [0.2, 0.25) is 5.91 Å². The summed E-state index contributed by atoms with van der Waals surface area (Å²) >= 11 is 0. The second kappa shape index (κ2) is 11.1. The smallest absolute Gasteiger partial charge is 0.254 e. The Morgan fingerprint density at radius 2 is 1.76 bits per heavy atom. The molecular weight excluding hydrogens is 421 g/mol. The minimum Gasteiger partial charge on any atom is -0.352 e. The Labute approximate surface area is 194 Å². The van der Waals surface area contributed by atoms with Crippen molar-refractivity contribution < 1.29 is 18.8 Å². The number of amides is 3. The molecule has 0 aliphatic carbocycles. The van der Waals surface area contributed by atoms with E-state index in [-0.39, 0.29) is 29.3 Å². The largest absolute Gasteiger partial charge is 0.352 e. The van der Waals surface area contributed by atoms with Gasteiger partial charge in [-0.2, -0.15) is 0 Å². The van der Waals surface area contributed by atoms with Crippen molar-refractivity contribution in [2.24, 2.45) is 5.92 Å². The fourth-order valence-electron chi connectivity index (χ4n) is 4.09. The second-order valence-corrected chi connectivity index (χ2v) is 8.75. The summed E-state index contributed by atoms with van der Waals surface area (Å²) in [5.41, 5.74) is 1.58. The molecule has 33 heavy (non-hydrogen) atoms. The van der Waals surface area contributed by atoms with Crippen LogP contribution in [0.15, 0.2) is 48.5 Å². The van der Waals surface area contributed by atoms with Gasteiger partial charge in [0.1, 0.15) is 11.9 Å². The van der Waals surface area contributed by atoms with E-state index in [0.717, 1.165) is 12.0 Å². The van der Waals surface area contributed by atoms with Gasteiger partial charge in [0.15, 0.2) is 0 Å². The van der Waals surface area contributed by atoms with Gasteiger partial charge >= 0.3 is 0 Å². The molecule has 0 spiro atoms. The fraction of sp³-hybridized carbons (Fsp3) is 0.423. The summed E-state index contributed by atoms with van der Waals surface area (Å²) in [5, 5.41) is 5.70. The molecule has 2 aromatic carbocycles. The maximum absolute atomic E-state index is 14.1. The van der Waals surface area contributed by atoms with E-state index < -0.39 is 17.8 Å². The van der Waals surface area contributed by atoms with Crippen LogP contribution in [0.25, 0.3) is 0 Å². The number of hydrogen-bond donors (Lipinski definition) is 2. The molecule has 176 valence electrons. The first-order chi connectivity index (χ1) is 15.8. The van der Waals surface area contributed by atoms with Crippen molar-refractivity contribution in [1.29, 1.82) is 0 Å². The van der Waals surface area contributed by atoms with Crippen LogP contribution in [0.3, 0.4) is 0 Å². The molecule has 3 amide bonds. The van der Waals surface area contributed by atoms with Crippen LogP contribution in [0.2, 0.25) is 0 Å². The molecule has 0 radical (unpaired) electrons. The predicted octanol–water partition coefficient (Wildman–Crippen LogP) is 3.70. The number of carbonyl (C=O) groups excluding carboxylic acids is 3. The fourth-order valence-corrected chi connectivity index (χ4v) is 4.09. The molecule has 1 heterocycles. The molecule has 1 aliphatic rings. The van der Waals surface area contributed by atoms with E-state index in [0.29, 0.717) is 31.5 Å². The maximum Gasteiger partial charge on any atom is 0.254 e. The Hall–Kier alpha value is -3.22. The quantitative estimate of drug-likeness (QED) is 0.671. The number of halogens is 1. The summed E-state index contributed by atoms with van der Waals surface area (Å²) in [6.45, 7) is 6.78. The van der Waals surface area contributed by atoms with Crippen LogP contribution in [0.1, 0.15) is 59.4 Å². The lowest BCUT2D eigenvalue weighted by molar-refractivity contribution is -0.125. The summed E-state index contributed by atoms with van der Waals surface area (Å²) in [5.74, 6) is -1.72. The lowest BCUT2D eigenvalue weighted by Gasteiger charge is -2.36. The van der Waals surface area contributed by atoms with E-state index in [4.69, 9.17) is 0 Å². The van der Waals surface area contributed by atoms with Crippen LogP contribution >= 0.6 is 0 Å². The van der Waals surface area contributed by atoms with Gasteiger partial charge in [0, 0.05) is 24.7 Å². The zero-order valence-electron chi connectivity index (χ0n) is 19.4. The highest BCUT2D eigenvalue weighted by Crippen LogP contribution is 2.23. The molecule has 7 heteroatoms. The highest BCUT2D eigenvalue weighted by atomic mass is 19.1. The molecule has 2 atom stereocenters. The summed E-state index contributed by atoms with van der Waals surface area (Å²) < 4.78 is 14.1. The molecule has 1 saturated heterocycles. The summed E-state index contributed by atoms with van der Waals surface area (Å²) in [7, 11) is 0. The average molecular weight is 454 g/mol. The Balaban J connectivity index is 1.71. The van der Waals surface area contributed by atoms with Crippen LogP contribution in [-0.4, -0.2) is 47.8 Å². The SMILES string of the molecule is CC[C@@H](C)NC(=O)[C@@H](NC(=O)c1ccccc1F)C1CCN(C(=O)c2cccc(C)c2)CC1. The van der Waals surface area contributed by atoms with Crippen molar-refractivity contribution in [2.75, 3.05) is 13.1 Å². The zero-order valence-corrected chi connectivity index (χ0v) is 19.4. The van der Waals surface area contributed by atoms with E-state index in [9.17, 15) is 18.8 Å². The molecule has 0 bridgehead atoms. The molecule has 3 rings (SSSR count). The predicted molar refractivity (Wildman–Crippen MR) is 125 cm³/mol. The van der Waals surface area contributed by atoms with Gasteiger partial charge < -0.3 is 15.5 Å². The monoisotopic (exact) mass is 453 g/mol. The Morgan fingerprint density at radius 1 is 1.06 bits per heavy atom. The molecule has 2 N–H and O–H groups in total. The number of nitrogens with zero attached hydrogens (tertiary/aromatic N) is 1. The average Bonchev–Trinajstić information content (AvgIpc) is 2.82. The number of likely N-dealkylation sites (tertiary alicyclic amines) is 1. The van der Waals surface area contributed by atoms with E-state index in [1.807, 2.05) is 39.0 Å². The molecular formula is C26H32FN3O3. The summed E-state index contributed by atoms with van der Waals surface area (Å²) in [6, 6.07) is 12.3. The third-order valence-electron chi connectivity index (χ3n) is 6.25. The first kappa shape index (κ1) is 24.4. The summed E-state index contributed by atoms with van der Waals surface area (Å²) in [6.07, 6.45) is 1.88. The zero-order chi connectivity index (χ0) is 24.0. The van der Waals surface area contributed by atoms with Gasteiger partial charge in [-0.15, -0.1) is 0 Å². The molecule has 6 nitrogen and oxygen atoms in total. The minimum absolute atomic E-state index is 0.0341. The van der Waals surface area contributed by atoms with Gasteiger partial charge in [0.25, 0.3) is 11.8 Å². The number of piperidine rings is 1. The van der Waals surface area contributed by atoms with Crippen LogP contribution in [-0.2, 0) is 4.79 Å². The van der Waals surface area contributed by atoms with Gasteiger partial charge in [-0.1, -0.05) is 36.8 Å². The highest BCUT2D eigenvalue weighted by Gasteiger charge is 2.35. The Kier molecular flexibility index (Phi) is 8.20. The van der Waals surface area contributed by atoms with Gasteiger partial charge in [-0.05, 0) is 63.3 Å². The van der Waals surface area contributed by atoms with E-state index in [1.54, 1.807) is 17.0 Å². The van der Waals surface area contributed by atoms with Gasteiger partial charge in [0.05, 0.1) is 5.56 Å². The number of benzene rings is 2. The van der Waals surface area contributed by atoms with Gasteiger partial charge in [-0.3, -0.25) is 14.4 Å². The van der Waals surface area contributed by atoms with E-state index in [1.165, 1.54) is 18.2 Å². The Morgan fingerprint density at radius 3 is 2.39 bits per heavy atom. The number of hydrogen-bond acceptors (Lipinski definition) is 3. The van der Waals surface area contributed by atoms with Crippen molar-refractivity contribution in [1.82, 2.24) is 15.5 Å². The summed E-state index contributed by atoms with van der Waals surface area (Å²) in [4.78, 5) is 40.5. The lowest BCUT2D eigenvalue weighted by Crippen LogP contribution is -2.55. The number of carbonyl (C=O) groups is 3. The van der Waals surface area contributed by atoms with Crippen molar-refractivity contribution in [2.45, 2.75) is 52.1 Å². The maximum atomic E-state index is 14.1. The Bertz CT molecular complexity index is 1000. The van der Waals surface area contributed by atoms with Crippen molar-refractivity contribution in [3.8, 4) is 0 Å². The van der Waals surface area contributed by atoms with Crippen LogP contribution in [0, 0.1) is 18.7 Å². The second-order valence-electron chi connectivity index (χ2n) is 8.75. The molecule has 0 saturated carbocycles. The third-order valence-corrected chi connectivity index (χ3v) is 6.25.